The normalized spacial score (nSPS) is 12.6. The van der Waals surface area contributed by atoms with E-state index in [9.17, 15) is 9.90 Å². The third-order valence-corrected chi connectivity index (χ3v) is 11.2. The van der Waals surface area contributed by atoms with Crippen LogP contribution in [0.1, 0.15) is 105 Å². The maximum absolute atomic E-state index is 12.2. The second-order valence-corrected chi connectivity index (χ2v) is 15.5. The minimum absolute atomic E-state index is 0. The van der Waals surface area contributed by atoms with Crippen molar-refractivity contribution in [3.05, 3.63) is 102 Å². The fraction of sp³-hybridized carbons (Fsp3) is 0.391. The summed E-state index contributed by atoms with van der Waals surface area (Å²) in [5.74, 6) is 2.03. The molecule has 0 aliphatic carbocycles. The number of rotatable bonds is 9. The predicted molar refractivity (Wildman–Crippen MR) is 212 cm³/mol. The number of furan rings is 2. The molecule has 0 saturated carbocycles. The van der Waals surface area contributed by atoms with Crippen LogP contribution in [0.25, 0.3) is 55.3 Å². The SMILES string of the molecule is CCC(C)(CC)C(=O)/C=C(\O)C(C)(CC)CC.Cc1cc2ccc(-c3oc4ccnc(-c5[c-]c6ccccc6c(C(C)(C)C)c5)c4c3C)cc2o1.[Ir]. The molecule has 5 nitrogen and oxygen atoms in total. The number of allylic oxidation sites excluding steroid dienone is 2. The minimum atomic E-state index is -0.337. The average molecular weight is 877 g/mol. The van der Waals surface area contributed by atoms with Gasteiger partial charge >= 0.3 is 0 Å². The van der Waals surface area contributed by atoms with E-state index in [1.54, 1.807) is 0 Å². The van der Waals surface area contributed by atoms with Crippen molar-refractivity contribution in [3.63, 3.8) is 0 Å². The molecule has 3 heterocycles. The maximum atomic E-state index is 12.2. The predicted octanol–water partition coefficient (Wildman–Crippen LogP) is 13.4. The number of carbonyl (C=O) groups is 1. The van der Waals surface area contributed by atoms with Crippen molar-refractivity contribution in [1.82, 2.24) is 4.98 Å². The van der Waals surface area contributed by atoms with Crippen LogP contribution in [0.5, 0.6) is 0 Å². The molecule has 0 spiro atoms. The Bertz CT molecular complexity index is 2220. The first-order valence-corrected chi connectivity index (χ1v) is 18.4. The summed E-state index contributed by atoms with van der Waals surface area (Å²) in [5, 5.41) is 14.6. The number of benzene rings is 3. The first-order chi connectivity index (χ1) is 24.1. The number of nitrogens with zero attached hydrogens (tertiary/aromatic N) is 1. The number of aryl methyl sites for hydroxylation is 2. The summed E-state index contributed by atoms with van der Waals surface area (Å²) in [6, 6.07) is 24.6. The molecule has 3 aromatic carbocycles. The third kappa shape index (κ3) is 7.99. The van der Waals surface area contributed by atoms with E-state index in [1.165, 1.54) is 17.0 Å². The summed E-state index contributed by atoms with van der Waals surface area (Å²) in [5.41, 5.74) is 6.32. The molecule has 0 atom stereocenters. The second kappa shape index (κ2) is 15.9. The molecule has 6 aromatic rings. The van der Waals surface area contributed by atoms with Gasteiger partial charge in [0, 0.05) is 65.2 Å². The minimum Gasteiger partial charge on any atom is -0.512 e. The van der Waals surface area contributed by atoms with Crippen LogP contribution >= 0.6 is 0 Å². The largest absolute Gasteiger partial charge is 0.512 e. The van der Waals surface area contributed by atoms with E-state index >= 15 is 0 Å². The maximum Gasteiger partial charge on any atom is 0.164 e. The molecule has 0 fully saturated rings. The Kier molecular flexibility index (Phi) is 12.5. The number of fused-ring (bicyclic) bond motifs is 3. The van der Waals surface area contributed by atoms with Gasteiger partial charge in [-0.1, -0.05) is 104 Å². The zero-order valence-corrected chi connectivity index (χ0v) is 35.1. The van der Waals surface area contributed by atoms with Gasteiger partial charge in [-0.05, 0) is 68.7 Å². The Morgan fingerprint density at radius 1 is 0.827 bits per heavy atom. The van der Waals surface area contributed by atoms with Gasteiger partial charge in [-0.15, -0.1) is 29.1 Å². The molecule has 0 aliphatic rings. The molecule has 0 aliphatic heterocycles. The number of aromatic nitrogens is 1. The molecule has 277 valence electrons. The van der Waals surface area contributed by atoms with Crippen molar-refractivity contribution in [1.29, 1.82) is 0 Å². The summed E-state index contributed by atoms with van der Waals surface area (Å²) < 4.78 is 12.3. The molecule has 0 amide bonds. The van der Waals surface area contributed by atoms with Crippen LogP contribution < -0.4 is 0 Å². The van der Waals surface area contributed by atoms with Gasteiger partial charge in [0.25, 0.3) is 0 Å². The third-order valence-electron chi connectivity index (χ3n) is 11.2. The first kappa shape index (κ1) is 40.8. The van der Waals surface area contributed by atoms with Crippen molar-refractivity contribution in [3.8, 4) is 22.6 Å². The van der Waals surface area contributed by atoms with Gasteiger partial charge in [0.05, 0.1) is 0 Å². The topological polar surface area (TPSA) is 76.5 Å². The van der Waals surface area contributed by atoms with Crippen LogP contribution in [-0.4, -0.2) is 15.9 Å². The van der Waals surface area contributed by atoms with Crippen molar-refractivity contribution in [2.24, 2.45) is 10.8 Å². The van der Waals surface area contributed by atoms with E-state index in [-0.39, 0.29) is 47.9 Å². The van der Waals surface area contributed by atoms with Crippen molar-refractivity contribution >= 4 is 38.5 Å². The standard InChI is InChI=1S/C31H26NO2.C15H28O2.Ir/c1-18-14-21-10-11-22(17-27(21)33-18)30-19(2)28-26(34-30)12-13-32-29(28)23-15-20-8-6-7-9-24(20)25(16-23)31(3,4)5;1-7-14(5,8-2)12(16)11-13(17)15(6,9-3)10-4;/h6-14,16-17H,1-5H3;11,16H,7-10H2,1-6H3;/q-1;;/b;12-11-;. The molecule has 1 radical (unpaired) electrons. The molecule has 0 bridgehead atoms. The van der Waals surface area contributed by atoms with Crippen LogP contribution in [0.4, 0.5) is 0 Å². The van der Waals surface area contributed by atoms with Crippen molar-refractivity contribution < 1.29 is 38.8 Å². The second-order valence-electron chi connectivity index (χ2n) is 15.5. The van der Waals surface area contributed by atoms with Gasteiger partial charge in [0.1, 0.15) is 28.4 Å². The van der Waals surface area contributed by atoms with Crippen LogP contribution in [0.15, 0.2) is 87.5 Å². The summed E-state index contributed by atoms with van der Waals surface area (Å²) >= 11 is 0. The fourth-order valence-corrected chi connectivity index (χ4v) is 6.64. The Labute approximate surface area is 323 Å². The van der Waals surface area contributed by atoms with E-state index < -0.39 is 0 Å². The number of ketones is 1. The van der Waals surface area contributed by atoms with Gasteiger partial charge < -0.3 is 13.9 Å². The number of aliphatic hydroxyl groups is 1. The molecule has 1 N–H and O–H groups in total. The van der Waals surface area contributed by atoms with Crippen molar-refractivity contribution in [2.45, 2.75) is 107 Å². The van der Waals surface area contributed by atoms with Gasteiger partial charge in [0.2, 0.25) is 0 Å². The molecule has 52 heavy (non-hydrogen) atoms. The van der Waals surface area contributed by atoms with Gasteiger partial charge in [-0.25, -0.2) is 0 Å². The molecule has 0 unspecified atom stereocenters. The van der Waals surface area contributed by atoms with E-state index in [0.29, 0.717) is 0 Å². The molecule has 0 saturated heterocycles. The number of pyridine rings is 1. The number of carbonyl (C=O) groups excluding carboxylic acids is 1. The van der Waals surface area contributed by atoms with Crippen LogP contribution in [-0.2, 0) is 30.3 Å². The summed E-state index contributed by atoms with van der Waals surface area (Å²) in [6.07, 6.45) is 6.58. The van der Waals surface area contributed by atoms with Crippen molar-refractivity contribution in [2.75, 3.05) is 0 Å². The Balaban J connectivity index is 0.000000289. The zero-order chi connectivity index (χ0) is 37.3. The van der Waals surface area contributed by atoms with Gasteiger partial charge in [0.15, 0.2) is 5.78 Å². The van der Waals surface area contributed by atoms with Crippen LogP contribution in [0, 0.1) is 30.7 Å². The first-order valence-electron chi connectivity index (χ1n) is 18.4. The monoisotopic (exact) mass is 877 g/mol. The number of hydrogen-bond acceptors (Lipinski definition) is 5. The van der Waals surface area contributed by atoms with E-state index in [1.807, 2.05) is 60.7 Å². The van der Waals surface area contributed by atoms with E-state index in [4.69, 9.17) is 13.8 Å². The average Bonchev–Trinajstić information content (AvgIpc) is 3.67. The fourth-order valence-electron chi connectivity index (χ4n) is 6.64. The number of aliphatic hydroxyl groups excluding tert-OH is 1. The molecule has 6 heteroatoms. The Hall–Kier alpha value is -3.99. The Morgan fingerprint density at radius 3 is 2.12 bits per heavy atom. The summed E-state index contributed by atoms with van der Waals surface area (Å²) in [4.78, 5) is 17.0. The molecule has 6 rings (SSSR count). The zero-order valence-electron chi connectivity index (χ0n) is 32.7. The van der Waals surface area contributed by atoms with E-state index in [2.05, 4.69) is 88.4 Å². The van der Waals surface area contributed by atoms with Gasteiger partial charge in [-0.2, -0.15) is 0 Å². The summed E-state index contributed by atoms with van der Waals surface area (Å²) in [7, 11) is 0. The van der Waals surface area contributed by atoms with E-state index in [0.717, 1.165) is 86.9 Å². The Morgan fingerprint density at radius 2 is 1.48 bits per heavy atom. The number of hydrogen-bond donors (Lipinski definition) is 1. The van der Waals surface area contributed by atoms with Crippen LogP contribution in [0.2, 0.25) is 0 Å². The molecular weight excluding hydrogens is 823 g/mol. The molecular formula is C46H54IrNO4-. The summed E-state index contributed by atoms with van der Waals surface area (Å²) in [6.45, 7) is 22.9. The smallest absolute Gasteiger partial charge is 0.164 e. The van der Waals surface area contributed by atoms with Crippen LogP contribution in [0.3, 0.4) is 0 Å². The molecule has 3 aromatic heterocycles. The van der Waals surface area contributed by atoms with Gasteiger partial charge in [-0.3, -0.25) is 9.78 Å². The quantitative estimate of drug-likeness (QED) is 0.0889.